The number of rotatable bonds is 4. The number of halogens is 1. The first-order valence-corrected chi connectivity index (χ1v) is 6.75. The van der Waals surface area contributed by atoms with E-state index in [-0.39, 0.29) is 0 Å². The number of hydrogen-bond donors (Lipinski definition) is 1. The normalized spacial score (nSPS) is 21.6. The summed E-state index contributed by atoms with van der Waals surface area (Å²) in [6.07, 6.45) is 2.74. The number of thioether (sulfide) groups is 1. The Bertz CT molecular complexity index is 283. The summed E-state index contributed by atoms with van der Waals surface area (Å²) in [5.41, 5.74) is 0. The van der Waals surface area contributed by atoms with Crippen LogP contribution in [-0.4, -0.2) is 17.5 Å². The Balaban J connectivity index is 1.67. The van der Waals surface area contributed by atoms with Crippen molar-refractivity contribution in [1.82, 2.24) is 5.32 Å². The van der Waals surface area contributed by atoms with Crippen LogP contribution in [0.25, 0.3) is 0 Å². The Kier molecular flexibility index (Phi) is 3.96. The Morgan fingerprint density at radius 3 is 3.14 bits per heavy atom. The van der Waals surface area contributed by atoms with E-state index in [4.69, 9.17) is 4.42 Å². The van der Waals surface area contributed by atoms with Gasteiger partial charge in [0.1, 0.15) is 5.76 Å². The Labute approximate surface area is 97.0 Å². The van der Waals surface area contributed by atoms with E-state index >= 15 is 0 Å². The van der Waals surface area contributed by atoms with Crippen LogP contribution in [0, 0.1) is 0 Å². The lowest BCUT2D eigenvalue weighted by atomic mass is 10.2. The van der Waals surface area contributed by atoms with Crippen LogP contribution >= 0.6 is 27.7 Å². The molecule has 1 N–H and O–H groups in total. The van der Waals surface area contributed by atoms with E-state index in [1.807, 2.05) is 12.1 Å². The van der Waals surface area contributed by atoms with Crippen LogP contribution in [0.15, 0.2) is 21.2 Å². The van der Waals surface area contributed by atoms with Gasteiger partial charge in [-0.2, -0.15) is 11.8 Å². The third-order valence-electron chi connectivity index (χ3n) is 2.32. The molecule has 2 nitrogen and oxygen atoms in total. The second-order valence-electron chi connectivity index (χ2n) is 3.47. The van der Waals surface area contributed by atoms with Crippen molar-refractivity contribution in [2.45, 2.75) is 24.6 Å². The van der Waals surface area contributed by atoms with Crippen LogP contribution in [0.3, 0.4) is 0 Å². The van der Waals surface area contributed by atoms with Crippen molar-refractivity contribution in [2.75, 3.05) is 12.3 Å². The predicted octanol–water partition coefficient (Wildman–Crippen LogP) is 3.03. The Morgan fingerprint density at radius 1 is 1.57 bits per heavy atom. The number of furan rings is 1. The fraction of sp³-hybridized carbons (Fsp3) is 0.600. The van der Waals surface area contributed by atoms with Crippen LogP contribution in [0.2, 0.25) is 0 Å². The predicted molar refractivity (Wildman–Crippen MR) is 63.6 cm³/mol. The van der Waals surface area contributed by atoms with E-state index in [9.17, 15) is 0 Å². The third kappa shape index (κ3) is 3.04. The summed E-state index contributed by atoms with van der Waals surface area (Å²) >= 11 is 5.37. The summed E-state index contributed by atoms with van der Waals surface area (Å²) in [5.74, 6) is 2.33. The molecule has 1 aliphatic heterocycles. The third-order valence-corrected chi connectivity index (χ3v) is 4.15. The van der Waals surface area contributed by atoms with Crippen molar-refractivity contribution >= 4 is 27.7 Å². The van der Waals surface area contributed by atoms with Gasteiger partial charge in [0, 0.05) is 11.8 Å². The first-order chi connectivity index (χ1) is 6.84. The van der Waals surface area contributed by atoms with Crippen LogP contribution in [0.4, 0.5) is 0 Å². The van der Waals surface area contributed by atoms with Crippen LogP contribution in [0.1, 0.15) is 18.6 Å². The van der Waals surface area contributed by atoms with Crippen molar-refractivity contribution in [3.05, 3.63) is 22.6 Å². The van der Waals surface area contributed by atoms with E-state index in [0.29, 0.717) is 0 Å². The van der Waals surface area contributed by atoms with Crippen molar-refractivity contribution < 1.29 is 4.42 Å². The minimum atomic E-state index is 0.810. The minimum absolute atomic E-state index is 0.810. The first-order valence-electron chi connectivity index (χ1n) is 4.91. The summed E-state index contributed by atoms with van der Waals surface area (Å²) in [6, 6.07) is 3.93. The van der Waals surface area contributed by atoms with Gasteiger partial charge in [0.05, 0.1) is 6.54 Å². The maximum absolute atomic E-state index is 5.40. The summed E-state index contributed by atoms with van der Waals surface area (Å²) < 4.78 is 6.21. The van der Waals surface area contributed by atoms with Gasteiger partial charge in [-0.05, 0) is 46.7 Å². The highest BCUT2D eigenvalue weighted by Crippen LogP contribution is 2.25. The molecule has 0 aromatic carbocycles. The second kappa shape index (κ2) is 5.24. The molecule has 4 heteroatoms. The molecular weight excluding hydrogens is 262 g/mol. The molecule has 1 unspecified atom stereocenters. The van der Waals surface area contributed by atoms with Crippen molar-refractivity contribution in [3.63, 3.8) is 0 Å². The van der Waals surface area contributed by atoms with Gasteiger partial charge in [0.25, 0.3) is 0 Å². The second-order valence-corrected chi connectivity index (χ2v) is 5.66. The SMILES string of the molecule is Brc1ccc(CNCC2CCCS2)o1. The fourth-order valence-electron chi connectivity index (χ4n) is 1.61. The van der Waals surface area contributed by atoms with Crippen molar-refractivity contribution in [3.8, 4) is 0 Å². The van der Waals surface area contributed by atoms with E-state index in [0.717, 1.165) is 28.8 Å². The van der Waals surface area contributed by atoms with E-state index < -0.39 is 0 Å². The highest BCUT2D eigenvalue weighted by molar-refractivity contribution is 9.10. The molecular formula is C10H14BrNOS. The monoisotopic (exact) mass is 275 g/mol. The molecule has 1 aromatic heterocycles. The Hall–Kier alpha value is 0.0700. The fourth-order valence-corrected chi connectivity index (χ4v) is 3.18. The molecule has 0 radical (unpaired) electrons. The van der Waals surface area contributed by atoms with E-state index in [1.54, 1.807) is 0 Å². The molecule has 78 valence electrons. The summed E-state index contributed by atoms with van der Waals surface area (Å²) in [4.78, 5) is 0. The molecule has 1 fully saturated rings. The molecule has 1 atom stereocenters. The van der Waals surface area contributed by atoms with E-state index in [2.05, 4.69) is 33.0 Å². The van der Waals surface area contributed by atoms with E-state index in [1.165, 1.54) is 18.6 Å². The van der Waals surface area contributed by atoms with Crippen LogP contribution < -0.4 is 5.32 Å². The molecule has 0 aliphatic carbocycles. The summed E-state index contributed by atoms with van der Waals surface area (Å²) in [7, 11) is 0. The maximum atomic E-state index is 5.40. The van der Waals surface area contributed by atoms with Crippen molar-refractivity contribution in [2.24, 2.45) is 0 Å². The van der Waals surface area contributed by atoms with Gasteiger partial charge >= 0.3 is 0 Å². The molecule has 0 spiro atoms. The smallest absolute Gasteiger partial charge is 0.169 e. The zero-order chi connectivity index (χ0) is 9.80. The minimum Gasteiger partial charge on any atom is -0.453 e. The topological polar surface area (TPSA) is 25.2 Å². The summed E-state index contributed by atoms with van der Waals surface area (Å²) in [5, 5.41) is 4.23. The zero-order valence-electron chi connectivity index (χ0n) is 7.96. The maximum Gasteiger partial charge on any atom is 0.169 e. The largest absolute Gasteiger partial charge is 0.453 e. The molecule has 14 heavy (non-hydrogen) atoms. The first kappa shape index (κ1) is 10.6. The number of nitrogens with one attached hydrogen (secondary N) is 1. The van der Waals surface area contributed by atoms with Crippen LogP contribution in [0.5, 0.6) is 0 Å². The standard InChI is InChI=1S/C10H14BrNOS/c11-10-4-3-8(13-10)6-12-7-9-2-1-5-14-9/h3-4,9,12H,1-2,5-7H2. The summed E-state index contributed by atoms with van der Waals surface area (Å²) in [6.45, 7) is 1.94. The highest BCUT2D eigenvalue weighted by atomic mass is 79.9. The molecule has 1 saturated heterocycles. The molecule has 2 rings (SSSR count). The van der Waals surface area contributed by atoms with Gasteiger partial charge in [0.2, 0.25) is 0 Å². The highest BCUT2D eigenvalue weighted by Gasteiger charge is 2.14. The molecule has 1 aliphatic rings. The quantitative estimate of drug-likeness (QED) is 0.915. The molecule has 0 bridgehead atoms. The average molecular weight is 276 g/mol. The molecule has 2 heterocycles. The lowest BCUT2D eigenvalue weighted by molar-refractivity contribution is 0.464. The van der Waals surface area contributed by atoms with Gasteiger partial charge < -0.3 is 9.73 Å². The van der Waals surface area contributed by atoms with Crippen molar-refractivity contribution in [1.29, 1.82) is 0 Å². The van der Waals surface area contributed by atoms with Gasteiger partial charge in [0.15, 0.2) is 4.67 Å². The zero-order valence-corrected chi connectivity index (χ0v) is 10.4. The molecule has 0 saturated carbocycles. The lowest BCUT2D eigenvalue weighted by Crippen LogP contribution is -2.22. The number of hydrogen-bond acceptors (Lipinski definition) is 3. The van der Waals surface area contributed by atoms with Gasteiger partial charge in [-0.15, -0.1) is 0 Å². The lowest BCUT2D eigenvalue weighted by Gasteiger charge is -2.08. The molecule has 1 aromatic rings. The average Bonchev–Trinajstić information content (AvgIpc) is 2.77. The van der Waals surface area contributed by atoms with Gasteiger partial charge in [-0.25, -0.2) is 0 Å². The van der Waals surface area contributed by atoms with Crippen LogP contribution in [-0.2, 0) is 6.54 Å². The molecule has 0 amide bonds. The van der Waals surface area contributed by atoms with Gasteiger partial charge in [-0.3, -0.25) is 0 Å². The van der Waals surface area contributed by atoms with Gasteiger partial charge in [-0.1, -0.05) is 0 Å². The Morgan fingerprint density at radius 2 is 2.50 bits per heavy atom.